The minimum Gasteiger partial charge on any atom is -0.492 e. The Hall–Kier alpha value is -3.67. The predicted molar refractivity (Wildman–Crippen MR) is 111 cm³/mol. The van der Waals surface area contributed by atoms with E-state index in [2.05, 4.69) is 9.97 Å². The zero-order valence-electron chi connectivity index (χ0n) is 16.3. The molecule has 0 aliphatic carbocycles. The van der Waals surface area contributed by atoms with Crippen LogP contribution >= 0.6 is 0 Å². The Labute approximate surface area is 168 Å². The molecule has 0 aliphatic rings. The number of rotatable bonds is 6. The lowest BCUT2D eigenvalue weighted by Gasteiger charge is -2.10. The molecule has 6 heteroatoms. The number of carboxylic acid groups (broad SMARTS) is 1. The number of carboxylic acids is 1. The quantitative estimate of drug-likeness (QED) is 0.527. The molecule has 0 fully saturated rings. The Morgan fingerprint density at radius 1 is 1.03 bits per heavy atom. The molecule has 29 heavy (non-hydrogen) atoms. The van der Waals surface area contributed by atoms with Crippen LogP contribution in [0, 0.1) is 13.8 Å². The topological polar surface area (TPSA) is 77.2 Å². The summed E-state index contributed by atoms with van der Waals surface area (Å²) in [5, 5.41) is 10.4. The summed E-state index contributed by atoms with van der Waals surface area (Å²) in [6, 6.07) is 17.4. The fourth-order valence-corrected chi connectivity index (χ4v) is 3.38. The third-order valence-electron chi connectivity index (χ3n) is 4.81. The van der Waals surface area contributed by atoms with E-state index < -0.39 is 5.97 Å². The second-order valence-electron chi connectivity index (χ2n) is 6.98. The second kappa shape index (κ2) is 7.75. The van der Waals surface area contributed by atoms with Gasteiger partial charge in [-0.05, 0) is 38.1 Å². The van der Waals surface area contributed by atoms with Crippen LogP contribution in [0.1, 0.15) is 21.6 Å². The highest BCUT2D eigenvalue weighted by Gasteiger charge is 2.19. The summed E-state index contributed by atoms with van der Waals surface area (Å²) in [6.45, 7) is 4.72. The monoisotopic (exact) mass is 387 g/mol. The van der Waals surface area contributed by atoms with Crippen molar-refractivity contribution >= 4 is 17.0 Å². The first-order chi connectivity index (χ1) is 14.0. The van der Waals surface area contributed by atoms with Gasteiger partial charge < -0.3 is 14.4 Å². The first kappa shape index (κ1) is 18.7. The highest BCUT2D eigenvalue weighted by molar-refractivity contribution is 5.98. The highest BCUT2D eigenvalue weighted by Crippen LogP contribution is 2.28. The van der Waals surface area contributed by atoms with Crippen LogP contribution in [-0.2, 0) is 6.54 Å². The van der Waals surface area contributed by atoms with Crippen LogP contribution in [0.3, 0.4) is 0 Å². The summed E-state index contributed by atoms with van der Waals surface area (Å²) in [6.07, 6.45) is 1.48. The number of hydrogen-bond acceptors (Lipinski definition) is 4. The Balaban J connectivity index is 1.69. The van der Waals surface area contributed by atoms with Crippen molar-refractivity contribution in [1.29, 1.82) is 0 Å². The van der Waals surface area contributed by atoms with Gasteiger partial charge in [-0.25, -0.2) is 14.8 Å². The van der Waals surface area contributed by atoms with E-state index in [1.165, 1.54) is 6.33 Å². The molecule has 1 N–H and O–H groups in total. The number of fused-ring (bicyclic) bond motifs is 1. The van der Waals surface area contributed by atoms with Crippen LogP contribution in [-0.4, -0.2) is 32.2 Å². The summed E-state index contributed by atoms with van der Waals surface area (Å²) in [4.78, 5) is 20.6. The van der Waals surface area contributed by atoms with Crippen molar-refractivity contribution in [2.24, 2.45) is 0 Å². The minimum absolute atomic E-state index is 0.168. The molecule has 4 aromatic rings. The smallest absolute Gasteiger partial charge is 0.352 e. The van der Waals surface area contributed by atoms with E-state index in [1.807, 2.05) is 62.4 Å². The van der Waals surface area contributed by atoms with E-state index in [9.17, 15) is 9.90 Å². The summed E-state index contributed by atoms with van der Waals surface area (Å²) in [7, 11) is 0. The fraction of sp³-hybridized carbons (Fsp3) is 0.174. The van der Waals surface area contributed by atoms with Gasteiger partial charge in [-0.2, -0.15) is 0 Å². The summed E-state index contributed by atoms with van der Waals surface area (Å²) < 4.78 is 7.46. The average Bonchev–Trinajstić information content (AvgIpc) is 3.08. The SMILES string of the molecule is Cc1ccc(OCCn2c(C(=O)O)cc3c(-c4cccc(C)c4)ncnc32)cc1. The number of nitrogens with zero attached hydrogens (tertiary/aromatic N) is 3. The lowest BCUT2D eigenvalue weighted by molar-refractivity contribution is 0.0684. The third kappa shape index (κ3) is 3.82. The summed E-state index contributed by atoms with van der Waals surface area (Å²) in [5.41, 5.74) is 4.67. The van der Waals surface area contributed by atoms with E-state index in [-0.39, 0.29) is 5.69 Å². The molecule has 146 valence electrons. The molecule has 0 amide bonds. The lowest BCUT2D eigenvalue weighted by atomic mass is 10.1. The van der Waals surface area contributed by atoms with Gasteiger partial charge in [0.25, 0.3) is 0 Å². The highest BCUT2D eigenvalue weighted by atomic mass is 16.5. The number of aromatic carboxylic acids is 1. The molecule has 0 spiro atoms. The maximum absolute atomic E-state index is 11.9. The van der Waals surface area contributed by atoms with Gasteiger partial charge in [0.1, 0.15) is 30.0 Å². The number of ether oxygens (including phenoxy) is 1. The van der Waals surface area contributed by atoms with Crippen LogP contribution in [0.5, 0.6) is 5.75 Å². The number of hydrogen-bond donors (Lipinski definition) is 1. The normalized spacial score (nSPS) is 11.0. The first-order valence-electron chi connectivity index (χ1n) is 9.37. The Bertz CT molecular complexity index is 1180. The molecule has 0 unspecified atom stereocenters. The lowest BCUT2D eigenvalue weighted by Crippen LogP contribution is -2.14. The molecule has 6 nitrogen and oxygen atoms in total. The number of carbonyl (C=O) groups is 1. The average molecular weight is 387 g/mol. The molecule has 0 radical (unpaired) electrons. The molecule has 0 saturated heterocycles. The van der Waals surface area contributed by atoms with Gasteiger partial charge in [0.15, 0.2) is 0 Å². The van der Waals surface area contributed by atoms with Gasteiger partial charge in [0, 0.05) is 10.9 Å². The van der Waals surface area contributed by atoms with Crippen molar-refractivity contribution in [2.45, 2.75) is 20.4 Å². The van der Waals surface area contributed by atoms with Gasteiger partial charge in [-0.3, -0.25) is 0 Å². The molecule has 2 aromatic carbocycles. The summed E-state index contributed by atoms with van der Waals surface area (Å²) >= 11 is 0. The van der Waals surface area contributed by atoms with E-state index in [0.29, 0.717) is 24.2 Å². The van der Waals surface area contributed by atoms with E-state index >= 15 is 0 Å². The van der Waals surface area contributed by atoms with Crippen LogP contribution in [0.25, 0.3) is 22.3 Å². The van der Waals surface area contributed by atoms with E-state index in [1.54, 1.807) is 10.6 Å². The molecule has 0 saturated carbocycles. The summed E-state index contributed by atoms with van der Waals surface area (Å²) in [5.74, 6) is -0.257. The number of aryl methyl sites for hydroxylation is 2. The van der Waals surface area contributed by atoms with Gasteiger partial charge in [0.2, 0.25) is 0 Å². The zero-order valence-corrected chi connectivity index (χ0v) is 16.3. The maximum atomic E-state index is 11.9. The van der Waals surface area contributed by atoms with Crippen molar-refractivity contribution in [3.8, 4) is 17.0 Å². The number of benzene rings is 2. The van der Waals surface area contributed by atoms with Crippen LogP contribution < -0.4 is 4.74 Å². The van der Waals surface area contributed by atoms with Crippen molar-refractivity contribution in [1.82, 2.24) is 14.5 Å². The third-order valence-corrected chi connectivity index (χ3v) is 4.81. The van der Waals surface area contributed by atoms with E-state index in [4.69, 9.17) is 4.74 Å². The second-order valence-corrected chi connectivity index (χ2v) is 6.98. The molecule has 4 rings (SSSR count). The van der Waals surface area contributed by atoms with Crippen LogP contribution in [0.15, 0.2) is 60.9 Å². The molecular formula is C23H21N3O3. The first-order valence-corrected chi connectivity index (χ1v) is 9.37. The predicted octanol–water partition coefficient (Wildman–Crippen LogP) is 4.49. The van der Waals surface area contributed by atoms with Gasteiger partial charge in [-0.1, -0.05) is 41.5 Å². The van der Waals surface area contributed by atoms with Crippen LogP contribution in [0.4, 0.5) is 0 Å². The zero-order chi connectivity index (χ0) is 20.4. The fourth-order valence-electron chi connectivity index (χ4n) is 3.38. The molecule has 0 aliphatic heterocycles. The van der Waals surface area contributed by atoms with Gasteiger partial charge in [0.05, 0.1) is 12.2 Å². The maximum Gasteiger partial charge on any atom is 0.352 e. The van der Waals surface area contributed by atoms with Crippen molar-refractivity contribution in [2.75, 3.05) is 6.61 Å². The Morgan fingerprint density at radius 3 is 2.55 bits per heavy atom. The van der Waals surface area contributed by atoms with Crippen LogP contribution in [0.2, 0.25) is 0 Å². The van der Waals surface area contributed by atoms with Crippen molar-refractivity contribution in [3.05, 3.63) is 77.7 Å². The molecule has 0 bridgehead atoms. The van der Waals surface area contributed by atoms with E-state index in [0.717, 1.165) is 28.1 Å². The molecule has 2 heterocycles. The number of aromatic nitrogens is 3. The molecular weight excluding hydrogens is 366 g/mol. The van der Waals surface area contributed by atoms with Crippen molar-refractivity contribution < 1.29 is 14.6 Å². The van der Waals surface area contributed by atoms with Gasteiger partial charge >= 0.3 is 5.97 Å². The molecule has 0 atom stereocenters. The standard InChI is InChI=1S/C23H21N3O3/c1-15-6-8-18(9-7-15)29-11-10-26-20(23(27)28)13-19-21(24-14-25-22(19)26)17-5-3-4-16(2)12-17/h3-9,12-14H,10-11H2,1-2H3,(H,27,28). The van der Waals surface area contributed by atoms with Crippen molar-refractivity contribution in [3.63, 3.8) is 0 Å². The Kier molecular flexibility index (Phi) is 4.99. The minimum atomic E-state index is -1.01. The van der Waals surface area contributed by atoms with Gasteiger partial charge in [-0.15, -0.1) is 0 Å². The molecule has 2 aromatic heterocycles. The Morgan fingerprint density at radius 2 is 1.83 bits per heavy atom. The largest absolute Gasteiger partial charge is 0.492 e.